The summed E-state index contributed by atoms with van der Waals surface area (Å²) in [6.45, 7) is 0. The molecule has 1 aromatic carbocycles. The van der Waals surface area contributed by atoms with Gasteiger partial charge in [0.2, 0.25) is 0 Å². The SMILES string of the molecule is CNC(c1cc(Cl)ccc1F)N(C)C. The number of hydrogen-bond acceptors (Lipinski definition) is 2. The number of benzene rings is 1. The van der Waals surface area contributed by atoms with Gasteiger partial charge < -0.3 is 5.32 Å². The van der Waals surface area contributed by atoms with Crippen LogP contribution >= 0.6 is 11.6 Å². The van der Waals surface area contributed by atoms with Gasteiger partial charge in [-0.25, -0.2) is 4.39 Å². The molecule has 0 radical (unpaired) electrons. The van der Waals surface area contributed by atoms with E-state index in [0.29, 0.717) is 10.6 Å². The summed E-state index contributed by atoms with van der Waals surface area (Å²) < 4.78 is 13.4. The minimum Gasteiger partial charge on any atom is -0.301 e. The number of rotatable bonds is 3. The van der Waals surface area contributed by atoms with Gasteiger partial charge in [-0.3, -0.25) is 4.90 Å². The van der Waals surface area contributed by atoms with Gasteiger partial charge in [0, 0.05) is 10.6 Å². The van der Waals surface area contributed by atoms with Gasteiger partial charge in [0.15, 0.2) is 0 Å². The number of nitrogens with one attached hydrogen (secondary N) is 1. The maximum absolute atomic E-state index is 13.4. The predicted molar refractivity (Wildman–Crippen MR) is 56.9 cm³/mol. The molecule has 4 heteroatoms. The van der Waals surface area contributed by atoms with Crippen LogP contribution in [0, 0.1) is 5.82 Å². The first-order chi connectivity index (χ1) is 6.56. The summed E-state index contributed by atoms with van der Waals surface area (Å²) in [6.07, 6.45) is -0.159. The van der Waals surface area contributed by atoms with Gasteiger partial charge in [-0.15, -0.1) is 0 Å². The van der Waals surface area contributed by atoms with Crippen LogP contribution < -0.4 is 5.32 Å². The molecule has 1 N–H and O–H groups in total. The maximum Gasteiger partial charge on any atom is 0.129 e. The third-order valence-electron chi connectivity index (χ3n) is 2.04. The van der Waals surface area contributed by atoms with Crippen molar-refractivity contribution in [3.05, 3.63) is 34.6 Å². The first kappa shape index (κ1) is 11.4. The van der Waals surface area contributed by atoms with E-state index in [4.69, 9.17) is 11.6 Å². The lowest BCUT2D eigenvalue weighted by molar-refractivity contribution is 0.258. The minimum atomic E-state index is -0.248. The molecule has 1 unspecified atom stereocenters. The van der Waals surface area contributed by atoms with E-state index in [9.17, 15) is 4.39 Å². The van der Waals surface area contributed by atoms with E-state index < -0.39 is 0 Å². The molecule has 0 aliphatic heterocycles. The first-order valence-electron chi connectivity index (χ1n) is 4.35. The quantitative estimate of drug-likeness (QED) is 0.780. The van der Waals surface area contributed by atoms with Crippen LogP contribution in [0.15, 0.2) is 18.2 Å². The van der Waals surface area contributed by atoms with Gasteiger partial charge in [0.1, 0.15) is 5.82 Å². The molecule has 2 nitrogen and oxygen atoms in total. The van der Waals surface area contributed by atoms with Gasteiger partial charge in [-0.1, -0.05) is 11.6 Å². The third-order valence-corrected chi connectivity index (χ3v) is 2.28. The van der Waals surface area contributed by atoms with Crippen molar-refractivity contribution in [2.24, 2.45) is 0 Å². The van der Waals surface area contributed by atoms with Gasteiger partial charge in [-0.2, -0.15) is 0 Å². The highest BCUT2D eigenvalue weighted by atomic mass is 35.5. The molecule has 78 valence electrons. The summed E-state index contributed by atoms with van der Waals surface area (Å²) in [5.74, 6) is -0.248. The molecule has 0 bridgehead atoms. The van der Waals surface area contributed by atoms with Gasteiger partial charge in [0.25, 0.3) is 0 Å². The Hall–Kier alpha value is -0.640. The Kier molecular flexibility index (Phi) is 3.86. The first-order valence-corrected chi connectivity index (χ1v) is 4.72. The molecule has 1 aromatic rings. The standard InChI is InChI=1S/C10H14ClFN2/c1-13-10(14(2)3)8-6-7(11)4-5-9(8)12/h4-6,10,13H,1-3H3. The van der Waals surface area contributed by atoms with Crippen molar-refractivity contribution < 1.29 is 4.39 Å². The summed E-state index contributed by atoms with van der Waals surface area (Å²) in [5.41, 5.74) is 0.560. The van der Waals surface area contributed by atoms with Crippen molar-refractivity contribution in [2.45, 2.75) is 6.17 Å². The fourth-order valence-electron chi connectivity index (χ4n) is 1.42. The molecule has 0 saturated carbocycles. The summed E-state index contributed by atoms with van der Waals surface area (Å²) >= 11 is 5.81. The van der Waals surface area contributed by atoms with Gasteiger partial charge in [0.05, 0.1) is 6.17 Å². The molecule has 14 heavy (non-hydrogen) atoms. The summed E-state index contributed by atoms with van der Waals surface area (Å²) in [4.78, 5) is 1.88. The Bertz CT molecular complexity index is 315. The van der Waals surface area contributed by atoms with Crippen LogP contribution in [0.4, 0.5) is 4.39 Å². The van der Waals surface area contributed by atoms with E-state index in [1.165, 1.54) is 6.07 Å². The lowest BCUT2D eigenvalue weighted by Gasteiger charge is -2.24. The zero-order valence-electron chi connectivity index (χ0n) is 8.51. The van der Waals surface area contributed by atoms with E-state index >= 15 is 0 Å². The molecule has 0 aliphatic carbocycles. The molecule has 0 aromatic heterocycles. The normalized spacial score (nSPS) is 13.3. The van der Waals surface area contributed by atoms with Crippen LogP contribution in [0.3, 0.4) is 0 Å². The Morgan fingerprint density at radius 1 is 1.43 bits per heavy atom. The third kappa shape index (κ3) is 2.44. The Balaban J connectivity index is 3.08. The van der Waals surface area contributed by atoms with Crippen LogP contribution in [0.25, 0.3) is 0 Å². The maximum atomic E-state index is 13.4. The van der Waals surface area contributed by atoms with E-state index in [1.807, 2.05) is 19.0 Å². The van der Waals surface area contributed by atoms with E-state index in [1.54, 1.807) is 19.2 Å². The average Bonchev–Trinajstić information content (AvgIpc) is 2.11. The second kappa shape index (κ2) is 4.73. The van der Waals surface area contributed by atoms with Crippen molar-refractivity contribution in [2.75, 3.05) is 21.1 Å². The lowest BCUT2D eigenvalue weighted by Crippen LogP contribution is -2.31. The highest BCUT2D eigenvalue weighted by Gasteiger charge is 2.15. The van der Waals surface area contributed by atoms with Crippen molar-refractivity contribution >= 4 is 11.6 Å². The largest absolute Gasteiger partial charge is 0.301 e. The Labute approximate surface area is 88.7 Å². The molecule has 0 aliphatic rings. The molecular formula is C10H14ClFN2. The minimum absolute atomic E-state index is 0.159. The van der Waals surface area contributed by atoms with Crippen LogP contribution in [-0.2, 0) is 0 Å². The predicted octanol–water partition coefficient (Wildman–Crippen LogP) is 2.26. The van der Waals surface area contributed by atoms with E-state index in [0.717, 1.165) is 0 Å². The highest BCUT2D eigenvalue weighted by Crippen LogP contribution is 2.22. The van der Waals surface area contributed by atoms with Crippen LogP contribution in [0.2, 0.25) is 5.02 Å². The smallest absolute Gasteiger partial charge is 0.129 e. The zero-order chi connectivity index (χ0) is 10.7. The molecule has 0 saturated heterocycles. The van der Waals surface area contributed by atoms with Crippen molar-refractivity contribution in [1.29, 1.82) is 0 Å². The molecule has 0 fully saturated rings. The molecule has 1 atom stereocenters. The number of nitrogens with zero attached hydrogens (tertiary/aromatic N) is 1. The second-order valence-corrected chi connectivity index (χ2v) is 3.76. The highest BCUT2D eigenvalue weighted by molar-refractivity contribution is 6.30. The average molecular weight is 217 g/mol. The van der Waals surface area contributed by atoms with E-state index in [2.05, 4.69) is 5.32 Å². The van der Waals surface area contributed by atoms with Crippen molar-refractivity contribution in [3.63, 3.8) is 0 Å². The molecule has 0 heterocycles. The van der Waals surface area contributed by atoms with Crippen LogP contribution in [-0.4, -0.2) is 26.0 Å². The number of halogens is 2. The lowest BCUT2D eigenvalue weighted by atomic mass is 10.1. The molecular weight excluding hydrogens is 203 g/mol. The van der Waals surface area contributed by atoms with E-state index in [-0.39, 0.29) is 12.0 Å². The fraction of sp³-hybridized carbons (Fsp3) is 0.400. The van der Waals surface area contributed by atoms with Crippen molar-refractivity contribution in [3.8, 4) is 0 Å². The monoisotopic (exact) mass is 216 g/mol. The summed E-state index contributed by atoms with van der Waals surface area (Å²) in [7, 11) is 5.54. The fourth-order valence-corrected chi connectivity index (χ4v) is 1.60. The topological polar surface area (TPSA) is 15.3 Å². The Morgan fingerprint density at radius 3 is 2.57 bits per heavy atom. The summed E-state index contributed by atoms with van der Waals surface area (Å²) in [5, 5.41) is 3.56. The zero-order valence-corrected chi connectivity index (χ0v) is 9.27. The van der Waals surface area contributed by atoms with Gasteiger partial charge in [-0.05, 0) is 39.3 Å². The summed E-state index contributed by atoms with van der Waals surface area (Å²) in [6, 6.07) is 4.56. The van der Waals surface area contributed by atoms with Crippen LogP contribution in [0.5, 0.6) is 0 Å². The van der Waals surface area contributed by atoms with Crippen LogP contribution in [0.1, 0.15) is 11.7 Å². The number of hydrogen-bond donors (Lipinski definition) is 1. The Morgan fingerprint density at radius 2 is 2.07 bits per heavy atom. The van der Waals surface area contributed by atoms with Crippen molar-refractivity contribution in [1.82, 2.24) is 10.2 Å². The molecule has 0 amide bonds. The second-order valence-electron chi connectivity index (χ2n) is 3.32. The molecule has 1 rings (SSSR count). The van der Waals surface area contributed by atoms with Gasteiger partial charge >= 0.3 is 0 Å². The molecule has 0 spiro atoms.